The summed E-state index contributed by atoms with van der Waals surface area (Å²) in [6.45, 7) is 2.21. The third-order valence-electron chi connectivity index (χ3n) is 3.93. The summed E-state index contributed by atoms with van der Waals surface area (Å²) in [7, 11) is 4.21. The Morgan fingerprint density at radius 2 is 2.00 bits per heavy atom. The molecule has 0 unspecified atom stereocenters. The van der Waals surface area contributed by atoms with Gasteiger partial charge >= 0.3 is 0 Å². The highest BCUT2D eigenvalue weighted by Crippen LogP contribution is 2.27. The highest BCUT2D eigenvalue weighted by atomic mass is 16.1. The van der Waals surface area contributed by atoms with Crippen LogP contribution in [0.4, 0.5) is 11.4 Å². The highest BCUT2D eigenvalue weighted by Gasteiger charge is 2.22. The molecule has 1 aliphatic heterocycles. The molecular formula is C14H22N4O. The van der Waals surface area contributed by atoms with E-state index in [0.717, 1.165) is 31.6 Å². The van der Waals surface area contributed by atoms with Crippen molar-refractivity contribution in [2.45, 2.75) is 18.9 Å². The molecule has 4 N–H and O–H groups in total. The SMILES string of the molecule is CN1CCC(N(C)c2ccc(C(N)=O)cc2N)CC1. The molecular weight excluding hydrogens is 240 g/mol. The number of nitrogens with zero attached hydrogens (tertiary/aromatic N) is 2. The fourth-order valence-corrected chi connectivity index (χ4v) is 2.61. The maximum atomic E-state index is 11.1. The van der Waals surface area contributed by atoms with Crippen LogP contribution in [0.2, 0.25) is 0 Å². The normalized spacial score (nSPS) is 17.4. The molecule has 5 nitrogen and oxygen atoms in total. The van der Waals surface area contributed by atoms with E-state index < -0.39 is 5.91 Å². The van der Waals surface area contributed by atoms with E-state index in [2.05, 4.69) is 23.9 Å². The lowest BCUT2D eigenvalue weighted by atomic mass is 10.0. The summed E-state index contributed by atoms with van der Waals surface area (Å²) < 4.78 is 0. The zero-order chi connectivity index (χ0) is 14.0. The molecule has 1 aromatic rings. The summed E-state index contributed by atoms with van der Waals surface area (Å²) in [6, 6.07) is 5.77. The van der Waals surface area contributed by atoms with E-state index >= 15 is 0 Å². The van der Waals surface area contributed by atoms with Crippen molar-refractivity contribution in [2.24, 2.45) is 5.73 Å². The number of benzene rings is 1. The van der Waals surface area contributed by atoms with Gasteiger partial charge in [-0.1, -0.05) is 0 Å². The van der Waals surface area contributed by atoms with E-state index in [9.17, 15) is 4.79 Å². The fraction of sp³-hybridized carbons (Fsp3) is 0.500. The maximum Gasteiger partial charge on any atom is 0.248 e. The van der Waals surface area contributed by atoms with Crippen molar-refractivity contribution >= 4 is 17.3 Å². The molecule has 0 atom stereocenters. The molecule has 1 heterocycles. The predicted molar refractivity (Wildman–Crippen MR) is 78.3 cm³/mol. The van der Waals surface area contributed by atoms with Crippen molar-refractivity contribution in [2.75, 3.05) is 37.8 Å². The molecule has 1 aliphatic rings. The average Bonchev–Trinajstić information content (AvgIpc) is 2.38. The van der Waals surface area contributed by atoms with Crippen LogP contribution in [-0.2, 0) is 0 Å². The van der Waals surface area contributed by atoms with Crippen molar-refractivity contribution in [3.05, 3.63) is 23.8 Å². The minimum Gasteiger partial charge on any atom is -0.397 e. The van der Waals surface area contributed by atoms with Gasteiger partial charge in [-0.05, 0) is 51.2 Å². The molecule has 5 heteroatoms. The maximum absolute atomic E-state index is 11.1. The molecule has 0 bridgehead atoms. The molecule has 19 heavy (non-hydrogen) atoms. The summed E-state index contributed by atoms with van der Waals surface area (Å²) in [6.07, 6.45) is 2.26. The van der Waals surface area contributed by atoms with Crippen molar-refractivity contribution in [1.82, 2.24) is 4.90 Å². The average molecular weight is 262 g/mol. The molecule has 1 saturated heterocycles. The van der Waals surface area contributed by atoms with E-state index in [0.29, 0.717) is 17.3 Å². The highest BCUT2D eigenvalue weighted by molar-refractivity contribution is 5.94. The zero-order valence-corrected chi connectivity index (χ0v) is 11.6. The van der Waals surface area contributed by atoms with Crippen LogP contribution in [0.1, 0.15) is 23.2 Å². The third kappa shape index (κ3) is 2.98. The number of rotatable bonds is 3. The molecule has 0 aliphatic carbocycles. The van der Waals surface area contributed by atoms with E-state index in [-0.39, 0.29) is 0 Å². The number of anilines is 2. The Morgan fingerprint density at radius 1 is 1.37 bits per heavy atom. The molecule has 1 amide bonds. The second-order valence-corrected chi connectivity index (χ2v) is 5.28. The first-order valence-electron chi connectivity index (χ1n) is 6.59. The van der Waals surface area contributed by atoms with Gasteiger partial charge < -0.3 is 21.3 Å². The van der Waals surface area contributed by atoms with Crippen molar-refractivity contribution in [3.8, 4) is 0 Å². The number of carbonyl (C=O) groups is 1. The fourth-order valence-electron chi connectivity index (χ4n) is 2.61. The minimum atomic E-state index is -0.444. The number of carbonyl (C=O) groups excluding carboxylic acids is 1. The Kier molecular flexibility index (Phi) is 3.95. The van der Waals surface area contributed by atoms with Gasteiger partial charge in [0, 0.05) is 18.7 Å². The van der Waals surface area contributed by atoms with Crippen LogP contribution in [0.25, 0.3) is 0 Å². The van der Waals surface area contributed by atoms with E-state index in [1.54, 1.807) is 12.1 Å². The smallest absolute Gasteiger partial charge is 0.248 e. The van der Waals surface area contributed by atoms with Crippen LogP contribution in [0, 0.1) is 0 Å². The second kappa shape index (κ2) is 5.48. The third-order valence-corrected chi connectivity index (χ3v) is 3.93. The molecule has 0 saturated carbocycles. The van der Waals surface area contributed by atoms with Gasteiger partial charge in [0.1, 0.15) is 0 Å². The van der Waals surface area contributed by atoms with Crippen LogP contribution in [0.3, 0.4) is 0 Å². The lowest BCUT2D eigenvalue weighted by Crippen LogP contribution is -2.42. The first-order valence-corrected chi connectivity index (χ1v) is 6.59. The number of piperidine rings is 1. The Balaban J connectivity index is 2.15. The summed E-state index contributed by atoms with van der Waals surface area (Å²) in [5.74, 6) is -0.444. The summed E-state index contributed by atoms with van der Waals surface area (Å²) in [4.78, 5) is 15.7. The summed E-state index contributed by atoms with van der Waals surface area (Å²) >= 11 is 0. The van der Waals surface area contributed by atoms with Gasteiger partial charge in [0.15, 0.2) is 0 Å². The Labute approximate surface area is 114 Å². The Hall–Kier alpha value is -1.75. The molecule has 0 aromatic heterocycles. The number of hydrogen-bond acceptors (Lipinski definition) is 4. The van der Waals surface area contributed by atoms with Gasteiger partial charge in [-0.15, -0.1) is 0 Å². The van der Waals surface area contributed by atoms with Crippen molar-refractivity contribution in [1.29, 1.82) is 0 Å². The first-order chi connectivity index (χ1) is 8.99. The topological polar surface area (TPSA) is 75.6 Å². The lowest BCUT2D eigenvalue weighted by Gasteiger charge is -2.36. The standard InChI is InChI=1S/C14H22N4O/c1-17-7-5-11(6-8-17)18(2)13-4-3-10(14(16)19)9-12(13)15/h3-4,9,11H,5-8,15H2,1-2H3,(H2,16,19). The quantitative estimate of drug-likeness (QED) is 0.794. The largest absolute Gasteiger partial charge is 0.397 e. The molecule has 0 spiro atoms. The second-order valence-electron chi connectivity index (χ2n) is 5.28. The van der Waals surface area contributed by atoms with Crippen LogP contribution >= 0.6 is 0 Å². The Morgan fingerprint density at radius 3 is 2.53 bits per heavy atom. The number of nitrogen functional groups attached to an aromatic ring is 1. The van der Waals surface area contributed by atoms with Gasteiger partial charge in [0.25, 0.3) is 0 Å². The van der Waals surface area contributed by atoms with E-state index in [1.165, 1.54) is 0 Å². The van der Waals surface area contributed by atoms with Gasteiger partial charge in [-0.3, -0.25) is 4.79 Å². The number of primary amides is 1. The van der Waals surface area contributed by atoms with Crippen LogP contribution in [0.5, 0.6) is 0 Å². The monoisotopic (exact) mass is 262 g/mol. The van der Waals surface area contributed by atoms with Crippen molar-refractivity contribution < 1.29 is 4.79 Å². The molecule has 0 radical (unpaired) electrons. The van der Waals surface area contributed by atoms with E-state index in [4.69, 9.17) is 11.5 Å². The molecule has 2 rings (SSSR count). The van der Waals surface area contributed by atoms with Gasteiger partial charge in [0.05, 0.1) is 11.4 Å². The molecule has 104 valence electrons. The number of hydrogen-bond donors (Lipinski definition) is 2. The molecule has 1 fully saturated rings. The summed E-state index contributed by atoms with van der Waals surface area (Å²) in [5.41, 5.74) is 13.3. The Bertz CT molecular complexity index is 467. The minimum absolute atomic E-state index is 0.444. The number of likely N-dealkylation sites (tertiary alicyclic amines) is 1. The number of amides is 1. The van der Waals surface area contributed by atoms with Gasteiger partial charge in [-0.2, -0.15) is 0 Å². The van der Waals surface area contributed by atoms with Crippen LogP contribution < -0.4 is 16.4 Å². The predicted octanol–water partition coefficient (Wildman–Crippen LogP) is 0.898. The zero-order valence-electron chi connectivity index (χ0n) is 11.6. The summed E-state index contributed by atoms with van der Waals surface area (Å²) in [5, 5.41) is 0. The first kappa shape index (κ1) is 13.7. The van der Waals surface area contributed by atoms with Gasteiger partial charge in [-0.25, -0.2) is 0 Å². The molecule has 1 aromatic carbocycles. The number of nitrogens with two attached hydrogens (primary N) is 2. The van der Waals surface area contributed by atoms with E-state index in [1.807, 2.05) is 6.07 Å². The van der Waals surface area contributed by atoms with Crippen LogP contribution in [-0.4, -0.2) is 44.0 Å². The lowest BCUT2D eigenvalue weighted by molar-refractivity contribution is 0.100. The van der Waals surface area contributed by atoms with Crippen LogP contribution in [0.15, 0.2) is 18.2 Å². The van der Waals surface area contributed by atoms with Gasteiger partial charge in [0.2, 0.25) is 5.91 Å². The van der Waals surface area contributed by atoms with Crippen molar-refractivity contribution in [3.63, 3.8) is 0 Å².